The van der Waals surface area contributed by atoms with Crippen molar-refractivity contribution in [2.45, 2.75) is 43.8 Å². The number of aromatic nitrogens is 2. The summed E-state index contributed by atoms with van der Waals surface area (Å²) in [6, 6.07) is 8.09. The number of benzene rings is 1. The SMILES string of the molecule is CCCNC(C)(CO)CCCSc1nc2ccccc2[nH]1. The van der Waals surface area contributed by atoms with Crippen LogP contribution in [0, 0.1) is 0 Å². The molecule has 0 saturated carbocycles. The second kappa shape index (κ2) is 7.82. The molecule has 0 radical (unpaired) electrons. The van der Waals surface area contributed by atoms with Gasteiger partial charge >= 0.3 is 0 Å². The van der Waals surface area contributed by atoms with Crippen LogP contribution in [0.4, 0.5) is 0 Å². The van der Waals surface area contributed by atoms with Crippen LogP contribution in [0.15, 0.2) is 29.4 Å². The molecule has 21 heavy (non-hydrogen) atoms. The average molecular weight is 307 g/mol. The molecule has 1 atom stereocenters. The fourth-order valence-electron chi connectivity index (χ4n) is 2.28. The minimum atomic E-state index is -0.162. The van der Waals surface area contributed by atoms with E-state index in [1.54, 1.807) is 11.8 Å². The number of imidazole rings is 1. The van der Waals surface area contributed by atoms with Crippen LogP contribution in [-0.4, -0.2) is 39.5 Å². The highest BCUT2D eigenvalue weighted by Crippen LogP contribution is 2.22. The lowest BCUT2D eigenvalue weighted by atomic mass is 9.97. The topological polar surface area (TPSA) is 60.9 Å². The number of nitrogens with one attached hydrogen (secondary N) is 2. The lowest BCUT2D eigenvalue weighted by Crippen LogP contribution is -2.46. The Kier molecular flexibility index (Phi) is 6.08. The zero-order chi connectivity index (χ0) is 15.1. The second-order valence-electron chi connectivity index (χ2n) is 5.66. The molecule has 1 unspecified atom stereocenters. The van der Waals surface area contributed by atoms with Gasteiger partial charge in [-0.25, -0.2) is 4.98 Å². The minimum Gasteiger partial charge on any atom is -0.394 e. The van der Waals surface area contributed by atoms with Crippen LogP contribution in [0.3, 0.4) is 0 Å². The number of aromatic amines is 1. The molecule has 0 saturated heterocycles. The van der Waals surface area contributed by atoms with Gasteiger partial charge in [0.2, 0.25) is 0 Å². The molecule has 5 heteroatoms. The maximum atomic E-state index is 9.54. The number of para-hydroxylation sites is 2. The second-order valence-corrected chi connectivity index (χ2v) is 6.74. The van der Waals surface area contributed by atoms with Gasteiger partial charge in [-0.2, -0.15) is 0 Å². The molecule has 1 aromatic carbocycles. The maximum absolute atomic E-state index is 9.54. The fourth-order valence-corrected chi connectivity index (χ4v) is 3.11. The number of aliphatic hydroxyl groups is 1. The van der Waals surface area contributed by atoms with Gasteiger partial charge in [-0.05, 0) is 44.9 Å². The molecule has 0 bridgehead atoms. The fraction of sp³-hybridized carbons (Fsp3) is 0.562. The van der Waals surface area contributed by atoms with Crippen molar-refractivity contribution in [3.05, 3.63) is 24.3 Å². The van der Waals surface area contributed by atoms with E-state index in [1.807, 2.05) is 24.3 Å². The summed E-state index contributed by atoms with van der Waals surface area (Å²) >= 11 is 1.75. The number of hydrogen-bond acceptors (Lipinski definition) is 4. The van der Waals surface area contributed by atoms with E-state index in [-0.39, 0.29) is 12.1 Å². The number of aliphatic hydroxyl groups excluding tert-OH is 1. The van der Waals surface area contributed by atoms with E-state index in [0.29, 0.717) is 0 Å². The van der Waals surface area contributed by atoms with Crippen molar-refractivity contribution in [1.29, 1.82) is 0 Å². The number of H-pyrrole nitrogens is 1. The summed E-state index contributed by atoms with van der Waals surface area (Å²) in [4.78, 5) is 7.89. The first-order chi connectivity index (χ1) is 10.2. The molecule has 0 amide bonds. The average Bonchev–Trinajstić information content (AvgIpc) is 2.92. The standard InChI is InChI=1S/C16H25N3OS/c1-3-10-17-16(2,12-20)9-6-11-21-15-18-13-7-4-5-8-14(13)19-15/h4-5,7-8,17,20H,3,6,9-12H2,1-2H3,(H,18,19). The first-order valence-electron chi connectivity index (χ1n) is 7.60. The molecule has 2 rings (SSSR count). The zero-order valence-corrected chi connectivity index (χ0v) is 13.7. The van der Waals surface area contributed by atoms with Crippen molar-refractivity contribution in [2.75, 3.05) is 18.9 Å². The van der Waals surface area contributed by atoms with Gasteiger partial charge in [0.25, 0.3) is 0 Å². The van der Waals surface area contributed by atoms with Crippen LogP contribution >= 0.6 is 11.8 Å². The van der Waals surface area contributed by atoms with Crippen LogP contribution in [0.5, 0.6) is 0 Å². The molecule has 0 aliphatic carbocycles. The Morgan fingerprint density at radius 2 is 2.19 bits per heavy atom. The Morgan fingerprint density at radius 3 is 2.90 bits per heavy atom. The Balaban J connectivity index is 1.78. The van der Waals surface area contributed by atoms with Gasteiger partial charge in [-0.15, -0.1) is 0 Å². The minimum absolute atomic E-state index is 0.162. The molecular formula is C16H25N3OS. The lowest BCUT2D eigenvalue weighted by Gasteiger charge is -2.28. The van der Waals surface area contributed by atoms with Gasteiger partial charge in [0.05, 0.1) is 17.6 Å². The van der Waals surface area contributed by atoms with Gasteiger partial charge in [0.15, 0.2) is 5.16 Å². The lowest BCUT2D eigenvalue weighted by molar-refractivity contribution is 0.165. The molecule has 1 aromatic heterocycles. The van der Waals surface area contributed by atoms with Crippen LogP contribution in [0.1, 0.15) is 33.1 Å². The quantitative estimate of drug-likeness (QED) is 0.492. The molecule has 0 fully saturated rings. The molecule has 1 heterocycles. The predicted octanol–water partition coefficient (Wildman–Crippen LogP) is 3.19. The third-order valence-corrected chi connectivity index (χ3v) is 4.59. The number of fused-ring (bicyclic) bond motifs is 1. The summed E-state index contributed by atoms with van der Waals surface area (Å²) in [7, 11) is 0. The smallest absolute Gasteiger partial charge is 0.166 e. The number of rotatable bonds is 9. The Labute approximate surface area is 130 Å². The van der Waals surface area contributed by atoms with E-state index in [0.717, 1.165) is 47.7 Å². The normalized spacial score (nSPS) is 14.4. The van der Waals surface area contributed by atoms with Crippen molar-refractivity contribution >= 4 is 22.8 Å². The van der Waals surface area contributed by atoms with Crippen LogP contribution < -0.4 is 5.32 Å². The largest absolute Gasteiger partial charge is 0.394 e. The number of hydrogen-bond donors (Lipinski definition) is 3. The third kappa shape index (κ3) is 4.73. The van der Waals surface area contributed by atoms with Crippen molar-refractivity contribution in [3.8, 4) is 0 Å². The van der Waals surface area contributed by atoms with Crippen molar-refractivity contribution in [2.24, 2.45) is 0 Å². The molecule has 2 aromatic rings. The Hall–Kier alpha value is -1.04. The van der Waals surface area contributed by atoms with Crippen molar-refractivity contribution in [1.82, 2.24) is 15.3 Å². The molecule has 0 spiro atoms. The van der Waals surface area contributed by atoms with E-state index in [2.05, 4.69) is 29.1 Å². The maximum Gasteiger partial charge on any atom is 0.166 e. The highest BCUT2D eigenvalue weighted by Gasteiger charge is 2.21. The molecule has 0 aliphatic heterocycles. The molecule has 3 N–H and O–H groups in total. The van der Waals surface area contributed by atoms with Crippen LogP contribution in [0.2, 0.25) is 0 Å². The summed E-state index contributed by atoms with van der Waals surface area (Å²) < 4.78 is 0. The van der Waals surface area contributed by atoms with Crippen molar-refractivity contribution in [3.63, 3.8) is 0 Å². The Morgan fingerprint density at radius 1 is 1.38 bits per heavy atom. The number of nitrogens with zero attached hydrogens (tertiary/aromatic N) is 1. The zero-order valence-electron chi connectivity index (χ0n) is 12.9. The summed E-state index contributed by atoms with van der Waals surface area (Å²) in [6.07, 6.45) is 3.11. The molecule has 0 aliphatic rings. The summed E-state index contributed by atoms with van der Waals surface area (Å²) in [5.41, 5.74) is 1.94. The number of thioether (sulfide) groups is 1. The van der Waals surface area contributed by atoms with Gasteiger partial charge in [-0.3, -0.25) is 0 Å². The van der Waals surface area contributed by atoms with E-state index in [1.165, 1.54) is 0 Å². The van der Waals surface area contributed by atoms with E-state index in [9.17, 15) is 5.11 Å². The predicted molar refractivity (Wildman–Crippen MR) is 89.8 cm³/mol. The summed E-state index contributed by atoms with van der Waals surface area (Å²) in [5, 5.41) is 13.9. The summed E-state index contributed by atoms with van der Waals surface area (Å²) in [6.45, 7) is 5.37. The van der Waals surface area contributed by atoms with Gasteiger partial charge < -0.3 is 15.4 Å². The monoisotopic (exact) mass is 307 g/mol. The van der Waals surface area contributed by atoms with Gasteiger partial charge in [-0.1, -0.05) is 30.8 Å². The first-order valence-corrected chi connectivity index (χ1v) is 8.59. The van der Waals surface area contributed by atoms with Crippen LogP contribution in [-0.2, 0) is 0 Å². The van der Waals surface area contributed by atoms with Crippen molar-refractivity contribution < 1.29 is 5.11 Å². The molecular weight excluding hydrogens is 282 g/mol. The first kappa shape index (κ1) is 16.3. The highest BCUT2D eigenvalue weighted by molar-refractivity contribution is 7.99. The highest BCUT2D eigenvalue weighted by atomic mass is 32.2. The van der Waals surface area contributed by atoms with E-state index in [4.69, 9.17) is 0 Å². The van der Waals surface area contributed by atoms with E-state index < -0.39 is 0 Å². The Bertz CT molecular complexity index is 524. The van der Waals surface area contributed by atoms with Gasteiger partial charge in [0.1, 0.15) is 0 Å². The van der Waals surface area contributed by atoms with Gasteiger partial charge in [0, 0.05) is 11.3 Å². The third-order valence-electron chi connectivity index (χ3n) is 3.63. The van der Waals surface area contributed by atoms with E-state index >= 15 is 0 Å². The van der Waals surface area contributed by atoms with Crippen LogP contribution in [0.25, 0.3) is 11.0 Å². The molecule has 116 valence electrons. The summed E-state index contributed by atoms with van der Waals surface area (Å²) in [5.74, 6) is 1.00. The molecule has 4 nitrogen and oxygen atoms in total.